The summed E-state index contributed by atoms with van der Waals surface area (Å²) in [4.78, 5) is 18.2. The highest BCUT2D eigenvalue weighted by atomic mass is 32.2. The Bertz CT molecular complexity index is 1300. The molecular weight excluding hydrogens is 542 g/mol. The zero-order valence-corrected chi connectivity index (χ0v) is 25.7. The molecule has 1 aliphatic carbocycles. The number of sulfonamides is 1. The fourth-order valence-electron chi connectivity index (χ4n) is 6.80. The van der Waals surface area contributed by atoms with Crippen molar-refractivity contribution in [1.82, 2.24) is 24.0 Å². The standard InChI is InChI=1S/C30H45N5O5S/c1-22-17-26(39-4)18-23(2)30(22)41(37,38)35-16-15-34-10-6-9-27(34)28(35)20-40-21-29(36)31-24-7-5-8-25(19-24)33-13-11-32(3)12-14-33/h6,9-10,17-18,24-25,28H,5,7-8,11-16,19-21H2,1-4H3,(H,31,36)/t24-,25+,28?/m1/s1. The summed E-state index contributed by atoms with van der Waals surface area (Å²) in [5, 5.41) is 3.19. The van der Waals surface area contributed by atoms with Gasteiger partial charge in [0.15, 0.2) is 0 Å². The van der Waals surface area contributed by atoms with Crippen molar-refractivity contribution in [3.05, 3.63) is 47.3 Å². The Morgan fingerprint density at radius 2 is 1.78 bits per heavy atom. The van der Waals surface area contributed by atoms with Crippen LogP contribution in [0.15, 0.2) is 35.4 Å². The number of hydrogen-bond donors (Lipinski definition) is 1. The van der Waals surface area contributed by atoms with Crippen LogP contribution in [0.3, 0.4) is 0 Å². The summed E-state index contributed by atoms with van der Waals surface area (Å²) in [5.41, 5.74) is 2.15. The first kappa shape index (κ1) is 30.0. The molecule has 0 spiro atoms. The van der Waals surface area contributed by atoms with E-state index in [1.807, 2.05) is 18.3 Å². The summed E-state index contributed by atoms with van der Waals surface area (Å²) in [6.45, 7) is 8.84. The predicted octanol–water partition coefficient (Wildman–Crippen LogP) is 2.55. The molecule has 226 valence electrons. The average molecular weight is 588 g/mol. The number of methoxy groups -OCH3 is 1. The van der Waals surface area contributed by atoms with Crippen molar-refractivity contribution < 1.29 is 22.7 Å². The van der Waals surface area contributed by atoms with E-state index in [-0.39, 0.29) is 25.2 Å². The summed E-state index contributed by atoms with van der Waals surface area (Å²) in [6, 6.07) is 7.49. The van der Waals surface area contributed by atoms with Gasteiger partial charge in [-0.05, 0) is 82.0 Å². The minimum Gasteiger partial charge on any atom is -0.497 e. The number of rotatable bonds is 9. The Morgan fingerprint density at radius 3 is 2.49 bits per heavy atom. The summed E-state index contributed by atoms with van der Waals surface area (Å²) >= 11 is 0. The van der Waals surface area contributed by atoms with Crippen LogP contribution >= 0.6 is 0 Å². The first-order valence-electron chi connectivity index (χ1n) is 14.8. The lowest BCUT2D eigenvalue weighted by atomic mass is 9.89. The molecule has 1 amide bonds. The van der Waals surface area contributed by atoms with Crippen LogP contribution in [0, 0.1) is 13.8 Å². The molecule has 1 aromatic heterocycles. The van der Waals surface area contributed by atoms with Gasteiger partial charge in [0.1, 0.15) is 12.4 Å². The smallest absolute Gasteiger partial charge is 0.246 e. The summed E-state index contributed by atoms with van der Waals surface area (Å²) < 4.78 is 43.0. The number of nitrogens with one attached hydrogen (secondary N) is 1. The fraction of sp³-hybridized carbons (Fsp3) is 0.633. The number of aryl methyl sites for hydroxylation is 2. The maximum Gasteiger partial charge on any atom is 0.246 e. The molecule has 3 atom stereocenters. The second kappa shape index (κ2) is 12.8. The minimum atomic E-state index is -3.84. The van der Waals surface area contributed by atoms with Gasteiger partial charge in [0.25, 0.3) is 0 Å². The first-order valence-corrected chi connectivity index (χ1v) is 16.2. The Labute approximate surface area is 244 Å². The van der Waals surface area contributed by atoms with Crippen molar-refractivity contribution in [2.45, 2.75) is 69.1 Å². The van der Waals surface area contributed by atoms with Crippen molar-refractivity contribution in [2.75, 3.05) is 60.1 Å². The first-order chi connectivity index (χ1) is 19.7. The van der Waals surface area contributed by atoms with Crippen molar-refractivity contribution in [1.29, 1.82) is 0 Å². The fourth-order valence-corrected chi connectivity index (χ4v) is 8.79. The molecule has 1 N–H and O–H groups in total. The third-order valence-electron chi connectivity index (χ3n) is 8.93. The highest BCUT2D eigenvalue weighted by Gasteiger charge is 2.38. The van der Waals surface area contributed by atoms with Gasteiger partial charge < -0.3 is 24.3 Å². The number of carbonyl (C=O) groups is 1. The largest absolute Gasteiger partial charge is 0.497 e. The zero-order chi connectivity index (χ0) is 29.1. The second-order valence-corrected chi connectivity index (χ2v) is 13.6. The van der Waals surface area contributed by atoms with Gasteiger partial charge >= 0.3 is 0 Å². The molecule has 10 nitrogen and oxygen atoms in total. The van der Waals surface area contributed by atoms with Crippen LogP contribution in [0.25, 0.3) is 0 Å². The third-order valence-corrected chi connectivity index (χ3v) is 11.1. The van der Waals surface area contributed by atoms with Crippen LogP contribution in [-0.2, 0) is 26.1 Å². The number of likely N-dealkylation sites (N-methyl/N-ethyl adjacent to an activating group) is 1. The maximum absolute atomic E-state index is 14.0. The number of hydrogen-bond acceptors (Lipinski definition) is 7. The lowest BCUT2D eigenvalue weighted by Gasteiger charge is -2.41. The Balaban J connectivity index is 1.22. The molecule has 1 unspecified atom stereocenters. The van der Waals surface area contributed by atoms with Gasteiger partial charge in [-0.1, -0.05) is 0 Å². The van der Waals surface area contributed by atoms with Crippen LogP contribution in [-0.4, -0.2) is 105 Å². The van der Waals surface area contributed by atoms with Crippen LogP contribution in [0.5, 0.6) is 5.75 Å². The minimum absolute atomic E-state index is 0.0959. The van der Waals surface area contributed by atoms with E-state index >= 15 is 0 Å². The molecule has 3 heterocycles. The molecule has 11 heteroatoms. The molecule has 5 rings (SSSR count). The Morgan fingerprint density at radius 1 is 1.05 bits per heavy atom. The molecule has 2 fully saturated rings. The molecule has 1 saturated carbocycles. The Kier molecular flexibility index (Phi) is 9.40. The SMILES string of the molecule is COc1cc(C)c(S(=O)(=O)N2CCn3cccc3C2COCC(=O)N[C@@H]2CCC[C@H](N3CCN(C)CC3)C2)c(C)c1. The van der Waals surface area contributed by atoms with Crippen molar-refractivity contribution in [2.24, 2.45) is 0 Å². The molecule has 1 aromatic carbocycles. The van der Waals surface area contributed by atoms with E-state index in [1.54, 1.807) is 33.1 Å². The molecule has 2 aliphatic heterocycles. The van der Waals surface area contributed by atoms with E-state index < -0.39 is 16.1 Å². The monoisotopic (exact) mass is 587 g/mol. The molecule has 0 bridgehead atoms. The van der Waals surface area contributed by atoms with Gasteiger partial charge in [0.05, 0.1) is 24.7 Å². The van der Waals surface area contributed by atoms with Gasteiger partial charge in [-0.3, -0.25) is 9.69 Å². The number of benzene rings is 1. The van der Waals surface area contributed by atoms with E-state index in [2.05, 4.69) is 26.7 Å². The zero-order valence-electron chi connectivity index (χ0n) is 24.8. The van der Waals surface area contributed by atoms with Crippen molar-refractivity contribution in [3.63, 3.8) is 0 Å². The second-order valence-electron chi connectivity index (χ2n) is 11.8. The van der Waals surface area contributed by atoms with E-state index in [9.17, 15) is 13.2 Å². The quantitative estimate of drug-likeness (QED) is 0.482. The van der Waals surface area contributed by atoms with Crippen molar-refractivity contribution in [3.8, 4) is 5.75 Å². The molecule has 2 aromatic rings. The molecular formula is C30H45N5O5S. The van der Waals surface area contributed by atoms with Gasteiger partial charge in [0.2, 0.25) is 15.9 Å². The normalized spacial score (nSPS) is 24.6. The number of fused-ring (bicyclic) bond motifs is 1. The van der Waals surface area contributed by atoms with E-state index in [0.717, 1.165) is 51.1 Å². The molecule has 0 radical (unpaired) electrons. The number of piperazine rings is 1. The number of carbonyl (C=O) groups excluding carboxylic acids is 1. The average Bonchev–Trinajstić information content (AvgIpc) is 3.42. The highest BCUT2D eigenvalue weighted by Crippen LogP contribution is 2.35. The Hall–Kier alpha value is -2.44. The van der Waals surface area contributed by atoms with Gasteiger partial charge in [-0.2, -0.15) is 4.31 Å². The molecule has 3 aliphatic rings. The number of nitrogens with zero attached hydrogens (tertiary/aromatic N) is 4. The maximum atomic E-state index is 14.0. The highest BCUT2D eigenvalue weighted by molar-refractivity contribution is 7.89. The van der Waals surface area contributed by atoms with Gasteiger partial charge in [0, 0.05) is 63.2 Å². The van der Waals surface area contributed by atoms with Crippen LogP contribution in [0.4, 0.5) is 0 Å². The number of aromatic nitrogens is 1. The lowest BCUT2D eigenvalue weighted by molar-refractivity contribution is -0.127. The summed E-state index contributed by atoms with van der Waals surface area (Å²) in [6.07, 6.45) is 6.21. The summed E-state index contributed by atoms with van der Waals surface area (Å²) in [5.74, 6) is 0.488. The summed E-state index contributed by atoms with van der Waals surface area (Å²) in [7, 11) is -0.0931. The lowest BCUT2D eigenvalue weighted by Crippen LogP contribution is -2.52. The van der Waals surface area contributed by atoms with Gasteiger partial charge in [-0.15, -0.1) is 0 Å². The van der Waals surface area contributed by atoms with Crippen LogP contribution in [0.2, 0.25) is 0 Å². The van der Waals surface area contributed by atoms with E-state index in [1.165, 1.54) is 10.7 Å². The van der Waals surface area contributed by atoms with Gasteiger partial charge in [-0.25, -0.2) is 8.42 Å². The molecule has 1 saturated heterocycles. The number of ether oxygens (including phenoxy) is 2. The third kappa shape index (κ3) is 6.64. The van der Waals surface area contributed by atoms with E-state index in [4.69, 9.17) is 9.47 Å². The van der Waals surface area contributed by atoms with Crippen LogP contribution < -0.4 is 10.1 Å². The molecule has 41 heavy (non-hydrogen) atoms. The topological polar surface area (TPSA) is 96.3 Å². The predicted molar refractivity (Wildman–Crippen MR) is 158 cm³/mol. The van der Waals surface area contributed by atoms with E-state index in [0.29, 0.717) is 40.9 Å². The van der Waals surface area contributed by atoms with Crippen molar-refractivity contribution >= 4 is 15.9 Å². The van der Waals surface area contributed by atoms with Crippen LogP contribution in [0.1, 0.15) is 48.5 Å². The number of amides is 1.